The zero-order valence-corrected chi connectivity index (χ0v) is 18.0. The van der Waals surface area contributed by atoms with E-state index in [1.165, 1.54) is 0 Å². The van der Waals surface area contributed by atoms with Crippen molar-refractivity contribution in [1.29, 1.82) is 0 Å². The van der Waals surface area contributed by atoms with Crippen molar-refractivity contribution in [3.63, 3.8) is 0 Å². The molecule has 0 aromatic heterocycles. The van der Waals surface area contributed by atoms with Crippen LogP contribution in [0.3, 0.4) is 0 Å². The van der Waals surface area contributed by atoms with Gasteiger partial charge in [0.15, 0.2) is 0 Å². The summed E-state index contributed by atoms with van der Waals surface area (Å²) in [5.41, 5.74) is 0. The summed E-state index contributed by atoms with van der Waals surface area (Å²) < 4.78 is 27.6. The number of hydrogen-bond acceptors (Lipinski definition) is 9. The van der Waals surface area contributed by atoms with E-state index in [0.717, 1.165) is 0 Å². The molecule has 0 spiro atoms. The molecule has 0 aromatic rings. The van der Waals surface area contributed by atoms with Crippen molar-refractivity contribution in [3.05, 3.63) is 0 Å². The predicted octanol–water partition coefficient (Wildman–Crippen LogP) is 0.782. The van der Waals surface area contributed by atoms with Crippen LogP contribution in [0.15, 0.2) is 0 Å². The summed E-state index contributed by atoms with van der Waals surface area (Å²) in [5, 5.41) is 15.1. The highest BCUT2D eigenvalue weighted by Crippen LogP contribution is 1.89. The number of halogens is 4. The first-order valence-corrected chi connectivity index (χ1v) is 10.4. The van der Waals surface area contributed by atoms with Crippen molar-refractivity contribution in [3.8, 4) is 0 Å². The third-order valence-electron chi connectivity index (χ3n) is 1.63. The molecule has 11 nitrogen and oxygen atoms in total. The van der Waals surface area contributed by atoms with Crippen LogP contribution in [0.25, 0.3) is 0 Å². The predicted molar refractivity (Wildman–Crippen MR) is 100 cm³/mol. The minimum absolute atomic E-state index is 0.0829. The molecule has 0 aliphatic rings. The summed E-state index contributed by atoms with van der Waals surface area (Å²) >= 11 is 9.92. The maximum Gasteiger partial charge on any atom is 0.329 e. The van der Waals surface area contributed by atoms with Gasteiger partial charge in [-0.3, -0.25) is 9.59 Å². The Morgan fingerprint density at radius 2 is 0.857 bits per heavy atom. The van der Waals surface area contributed by atoms with E-state index in [4.69, 9.17) is 47.1 Å². The van der Waals surface area contributed by atoms with Crippen molar-refractivity contribution in [2.24, 2.45) is 0 Å². The second-order valence-corrected chi connectivity index (χ2v) is 7.26. The molecule has 166 valence electrons. The quantitative estimate of drug-likeness (QED) is 0.250. The lowest BCUT2D eigenvalue weighted by molar-refractivity contribution is -0.146. The molecule has 2 N–H and O–H groups in total. The summed E-state index contributed by atoms with van der Waals surface area (Å²) in [6.45, 7) is -0.503. The molecule has 0 aromatic carbocycles. The zero-order valence-electron chi connectivity index (χ0n) is 14.1. The Kier molecular flexibility index (Phi) is 28.1. The number of carbonyl (C=O) groups is 4. The van der Waals surface area contributed by atoms with Gasteiger partial charge >= 0.3 is 11.9 Å². The van der Waals surface area contributed by atoms with Gasteiger partial charge in [0.2, 0.25) is 19.7 Å². The number of carboxylic acid groups (broad SMARTS) is 2. The average Bonchev–Trinajstić information content (AvgIpc) is 2.53. The second-order valence-electron chi connectivity index (χ2n) is 3.89. The van der Waals surface area contributed by atoms with E-state index >= 15 is 0 Å². The fourth-order valence-corrected chi connectivity index (χ4v) is 1.01. The minimum atomic E-state index is -1.67. The molecule has 16 heteroatoms. The summed E-state index contributed by atoms with van der Waals surface area (Å²) in [6, 6.07) is 0. The van der Waals surface area contributed by atoms with Gasteiger partial charge in [0.1, 0.15) is 26.4 Å². The van der Waals surface area contributed by atoms with E-state index in [-0.39, 0.29) is 39.6 Å². The molecule has 0 amide bonds. The van der Waals surface area contributed by atoms with Gasteiger partial charge in [-0.15, -0.1) is 0 Å². The van der Waals surface area contributed by atoms with Crippen LogP contribution < -0.4 is 0 Å². The molecule has 0 aliphatic heterocycles. The molecule has 0 radical (unpaired) electrons. The van der Waals surface area contributed by atoms with Crippen LogP contribution >= 0.6 is 44.6 Å². The number of rotatable bonds is 14. The Bertz CT molecular complexity index is 402. The molecule has 0 heterocycles. The number of hydrogen-bond donors (Lipinski definition) is 2. The summed E-state index contributed by atoms with van der Waals surface area (Å²) in [7, 11) is 7.36. The van der Waals surface area contributed by atoms with Crippen LogP contribution in [-0.2, 0) is 47.4 Å². The number of carboxylic acids is 2. The van der Waals surface area contributed by atoms with Gasteiger partial charge in [-0.1, -0.05) is 0 Å². The highest BCUT2D eigenvalue weighted by Gasteiger charge is 1.98. The van der Waals surface area contributed by atoms with Crippen LogP contribution in [-0.4, -0.2) is 89.7 Å². The molecular formula is C12H18Cl4O11S. The van der Waals surface area contributed by atoms with Gasteiger partial charge in [0.25, 0.3) is 0 Å². The average molecular weight is 512 g/mol. The minimum Gasteiger partial charge on any atom is -0.480 e. The molecule has 0 bridgehead atoms. The molecule has 0 unspecified atom stereocenters. The molecule has 0 fully saturated rings. The van der Waals surface area contributed by atoms with E-state index in [2.05, 4.69) is 30.8 Å². The Morgan fingerprint density at radius 1 is 0.643 bits per heavy atom. The first-order chi connectivity index (χ1) is 13.0. The third-order valence-corrected chi connectivity index (χ3v) is 1.84. The van der Waals surface area contributed by atoms with Crippen molar-refractivity contribution in [2.45, 2.75) is 0 Å². The maximum atomic E-state index is 10.1. The van der Waals surface area contributed by atoms with Gasteiger partial charge < -0.3 is 29.2 Å². The van der Waals surface area contributed by atoms with Crippen LogP contribution in [0.4, 0.5) is 0 Å². The number of ether oxygens (including phenoxy) is 4. The number of aliphatic carboxylic acids is 2. The van der Waals surface area contributed by atoms with E-state index in [0.29, 0.717) is 0 Å². The highest BCUT2D eigenvalue weighted by molar-refractivity contribution is 8.26. The smallest absolute Gasteiger partial charge is 0.329 e. The Hall–Kier alpha value is -0.570. The lowest BCUT2D eigenvalue weighted by Gasteiger charge is -2.00. The SMILES string of the molecule is O=C(Cl)COCCOCC(=O)Cl.O=C(O)COCCOCC(=O)O.O=S(Cl)Cl. The third kappa shape index (κ3) is 50.0. The number of carbonyl (C=O) groups excluding carboxylic acids is 2. The molecular weight excluding hydrogens is 494 g/mol. The van der Waals surface area contributed by atoms with E-state index < -0.39 is 44.9 Å². The summed E-state index contributed by atoms with van der Waals surface area (Å²) in [6.07, 6.45) is 0. The summed E-state index contributed by atoms with van der Waals surface area (Å²) in [5.74, 6) is -2.12. The molecule has 28 heavy (non-hydrogen) atoms. The monoisotopic (exact) mass is 510 g/mol. The van der Waals surface area contributed by atoms with E-state index in [9.17, 15) is 19.2 Å². The first-order valence-electron chi connectivity index (χ1n) is 6.84. The largest absolute Gasteiger partial charge is 0.480 e. The van der Waals surface area contributed by atoms with Gasteiger partial charge in [-0.05, 0) is 23.2 Å². The Morgan fingerprint density at radius 3 is 1.04 bits per heavy atom. The Balaban J connectivity index is -0.000000375. The Labute approximate surface area is 181 Å². The van der Waals surface area contributed by atoms with Crippen molar-refractivity contribution in [1.82, 2.24) is 0 Å². The van der Waals surface area contributed by atoms with Crippen molar-refractivity contribution >= 4 is 76.2 Å². The van der Waals surface area contributed by atoms with Crippen molar-refractivity contribution in [2.75, 3.05) is 52.9 Å². The van der Waals surface area contributed by atoms with E-state index in [1.54, 1.807) is 0 Å². The second kappa shape index (κ2) is 24.5. The zero-order chi connectivity index (χ0) is 22.4. The standard InChI is InChI=1S/C6H8Cl2O4.C6H10O6.Cl2OS/c7-5(9)3-11-1-2-12-4-6(8)10;7-5(8)3-11-1-2-12-4-6(9)10;1-4(2)3/h1-4H2;1-4H2,(H,7,8)(H,9,10);. The van der Waals surface area contributed by atoms with Crippen LogP contribution in [0.2, 0.25) is 0 Å². The molecule has 0 saturated heterocycles. The topological polar surface area (TPSA) is 163 Å². The van der Waals surface area contributed by atoms with Crippen LogP contribution in [0.1, 0.15) is 0 Å². The maximum absolute atomic E-state index is 10.1. The van der Waals surface area contributed by atoms with Crippen LogP contribution in [0, 0.1) is 0 Å². The van der Waals surface area contributed by atoms with Gasteiger partial charge in [-0.25, -0.2) is 13.8 Å². The summed E-state index contributed by atoms with van der Waals surface area (Å²) in [4.78, 5) is 40.0. The van der Waals surface area contributed by atoms with Gasteiger partial charge in [-0.2, -0.15) is 0 Å². The fraction of sp³-hybridized carbons (Fsp3) is 0.667. The fourth-order valence-electron chi connectivity index (χ4n) is 0.859. The normalized spacial score (nSPS) is 9.61. The lowest BCUT2D eigenvalue weighted by atomic mass is 10.7. The van der Waals surface area contributed by atoms with Crippen molar-refractivity contribution < 1.29 is 52.5 Å². The first kappa shape index (κ1) is 32.1. The molecule has 0 saturated carbocycles. The van der Waals surface area contributed by atoms with Gasteiger partial charge in [0, 0.05) is 21.4 Å². The molecule has 0 rings (SSSR count). The van der Waals surface area contributed by atoms with Crippen LogP contribution in [0.5, 0.6) is 0 Å². The molecule has 0 atom stereocenters. The highest BCUT2D eigenvalue weighted by atomic mass is 36.0. The lowest BCUT2D eigenvalue weighted by Crippen LogP contribution is -2.14. The van der Waals surface area contributed by atoms with Gasteiger partial charge in [0.05, 0.1) is 26.4 Å². The molecule has 0 aliphatic carbocycles. The van der Waals surface area contributed by atoms with E-state index in [1.807, 2.05) is 0 Å².